The van der Waals surface area contributed by atoms with E-state index in [0.29, 0.717) is 16.1 Å². The smallest absolute Gasteiger partial charge is 0.253 e. The lowest BCUT2D eigenvalue weighted by Crippen LogP contribution is -2.42. The molecule has 1 fully saturated rings. The molecule has 2 N–H and O–H groups in total. The number of halogens is 3. The zero-order valence-electron chi connectivity index (χ0n) is 11.8. The third-order valence-corrected chi connectivity index (χ3v) is 3.97. The second-order valence-electron chi connectivity index (χ2n) is 4.99. The number of nitrogens with one attached hydrogen (secondary N) is 2. The molecule has 1 aliphatic heterocycles. The van der Waals surface area contributed by atoms with E-state index in [4.69, 9.17) is 11.6 Å². The maximum absolute atomic E-state index is 12.4. The molecule has 0 atom stereocenters. The third kappa shape index (κ3) is 4.02. The first-order chi connectivity index (χ1) is 9.75. The summed E-state index contributed by atoms with van der Waals surface area (Å²) in [6.45, 7) is 1.90. The van der Waals surface area contributed by atoms with Gasteiger partial charge in [-0.3, -0.25) is 9.78 Å². The van der Waals surface area contributed by atoms with E-state index in [1.807, 2.05) is 12.1 Å². The summed E-state index contributed by atoms with van der Waals surface area (Å²) in [6, 6.07) is 7.43. The summed E-state index contributed by atoms with van der Waals surface area (Å²) < 4.78 is 0. The van der Waals surface area contributed by atoms with Crippen LogP contribution in [-0.2, 0) is 0 Å². The average molecular weight is 363 g/mol. The van der Waals surface area contributed by atoms with Crippen molar-refractivity contribution in [1.82, 2.24) is 15.6 Å². The summed E-state index contributed by atoms with van der Waals surface area (Å²) in [7, 11) is 0. The minimum absolute atomic E-state index is 0. The van der Waals surface area contributed by atoms with Crippen LogP contribution in [0.5, 0.6) is 0 Å². The number of rotatable bonds is 2. The van der Waals surface area contributed by atoms with Crippen molar-refractivity contribution in [3.63, 3.8) is 0 Å². The molecule has 0 spiro atoms. The molecule has 0 aliphatic carbocycles. The van der Waals surface area contributed by atoms with Crippen molar-refractivity contribution in [2.75, 3.05) is 13.1 Å². The van der Waals surface area contributed by atoms with Gasteiger partial charge in [-0.25, -0.2) is 0 Å². The standard InChI is InChI=1S/C15H16ClN3O.2ClH/c16-13-4-3-12(14-11(13)2-1-7-18-14)15(20)19-10-5-8-17-9-6-10;;/h1-4,7,10,17H,5-6,8-9H2,(H,19,20);2*1H. The summed E-state index contributed by atoms with van der Waals surface area (Å²) in [6.07, 6.45) is 3.61. The average Bonchev–Trinajstić information content (AvgIpc) is 2.49. The van der Waals surface area contributed by atoms with Crippen molar-refractivity contribution in [3.8, 4) is 0 Å². The zero-order chi connectivity index (χ0) is 13.9. The largest absolute Gasteiger partial charge is 0.349 e. The summed E-state index contributed by atoms with van der Waals surface area (Å²) in [5.74, 6) is -0.0720. The minimum atomic E-state index is -0.0720. The molecule has 1 aromatic carbocycles. The predicted octanol–water partition coefficient (Wildman–Crippen LogP) is 3.21. The minimum Gasteiger partial charge on any atom is -0.349 e. The van der Waals surface area contributed by atoms with E-state index < -0.39 is 0 Å². The first-order valence-corrected chi connectivity index (χ1v) is 7.18. The molecule has 0 bridgehead atoms. The summed E-state index contributed by atoms with van der Waals surface area (Å²) in [4.78, 5) is 16.7. The quantitative estimate of drug-likeness (QED) is 0.862. The first kappa shape index (κ1) is 19.0. The van der Waals surface area contributed by atoms with E-state index in [9.17, 15) is 4.79 Å². The summed E-state index contributed by atoms with van der Waals surface area (Å²) in [5, 5.41) is 7.80. The fourth-order valence-electron chi connectivity index (χ4n) is 2.55. The van der Waals surface area contributed by atoms with E-state index in [2.05, 4.69) is 15.6 Å². The molecule has 1 aliphatic rings. The van der Waals surface area contributed by atoms with Crippen LogP contribution in [0.2, 0.25) is 5.02 Å². The van der Waals surface area contributed by atoms with E-state index in [0.717, 1.165) is 31.3 Å². The number of amides is 1. The van der Waals surface area contributed by atoms with Gasteiger partial charge in [0.2, 0.25) is 0 Å². The van der Waals surface area contributed by atoms with Gasteiger partial charge < -0.3 is 10.6 Å². The van der Waals surface area contributed by atoms with E-state index in [1.54, 1.807) is 18.3 Å². The molecule has 1 saturated heterocycles. The van der Waals surface area contributed by atoms with Gasteiger partial charge in [0.05, 0.1) is 16.1 Å². The Kier molecular flexibility index (Phi) is 7.36. The van der Waals surface area contributed by atoms with Gasteiger partial charge in [0, 0.05) is 17.6 Å². The lowest BCUT2D eigenvalue weighted by Gasteiger charge is -2.23. The van der Waals surface area contributed by atoms with Crippen molar-refractivity contribution in [2.24, 2.45) is 0 Å². The number of hydrogen-bond acceptors (Lipinski definition) is 3. The van der Waals surface area contributed by atoms with Crippen LogP contribution in [0.1, 0.15) is 23.2 Å². The van der Waals surface area contributed by atoms with Crippen molar-refractivity contribution >= 4 is 53.2 Å². The predicted molar refractivity (Wildman–Crippen MR) is 94.6 cm³/mol. The fourth-order valence-corrected chi connectivity index (χ4v) is 2.77. The molecule has 7 heteroatoms. The summed E-state index contributed by atoms with van der Waals surface area (Å²) in [5.41, 5.74) is 1.25. The number of carbonyl (C=O) groups is 1. The van der Waals surface area contributed by atoms with Crippen LogP contribution < -0.4 is 10.6 Å². The highest BCUT2D eigenvalue weighted by Gasteiger charge is 2.18. The van der Waals surface area contributed by atoms with Crippen LogP contribution in [0.3, 0.4) is 0 Å². The number of nitrogens with zero attached hydrogens (tertiary/aromatic N) is 1. The molecule has 0 saturated carbocycles. The van der Waals surface area contributed by atoms with Gasteiger partial charge in [-0.05, 0) is 50.2 Å². The van der Waals surface area contributed by atoms with Gasteiger partial charge in [-0.1, -0.05) is 11.6 Å². The molecular weight excluding hydrogens is 345 g/mol. The molecule has 2 aromatic rings. The molecule has 22 heavy (non-hydrogen) atoms. The van der Waals surface area contributed by atoms with Gasteiger partial charge >= 0.3 is 0 Å². The number of aromatic nitrogens is 1. The topological polar surface area (TPSA) is 54.0 Å². The van der Waals surface area contributed by atoms with Crippen LogP contribution in [-0.4, -0.2) is 30.0 Å². The molecule has 2 heterocycles. The number of hydrogen-bond donors (Lipinski definition) is 2. The second kappa shape index (κ2) is 8.53. The van der Waals surface area contributed by atoms with Crippen LogP contribution >= 0.6 is 36.4 Å². The van der Waals surface area contributed by atoms with Crippen LogP contribution in [0.4, 0.5) is 0 Å². The molecule has 0 radical (unpaired) electrons. The lowest BCUT2D eigenvalue weighted by molar-refractivity contribution is 0.0931. The molecular formula is C15H18Cl3N3O. The van der Waals surface area contributed by atoms with Crippen molar-refractivity contribution in [3.05, 3.63) is 41.0 Å². The van der Waals surface area contributed by atoms with E-state index in [-0.39, 0.29) is 36.8 Å². The normalized spacial score (nSPS) is 14.8. The van der Waals surface area contributed by atoms with Crippen molar-refractivity contribution < 1.29 is 4.79 Å². The highest BCUT2D eigenvalue weighted by molar-refractivity contribution is 6.36. The number of piperidine rings is 1. The Hall–Kier alpha value is -1.07. The highest BCUT2D eigenvalue weighted by atomic mass is 35.5. The lowest BCUT2D eigenvalue weighted by atomic mass is 10.0. The van der Waals surface area contributed by atoms with Crippen molar-refractivity contribution in [1.29, 1.82) is 0 Å². The Bertz CT molecular complexity index is 645. The number of carbonyl (C=O) groups excluding carboxylic acids is 1. The highest BCUT2D eigenvalue weighted by Crippen LogP contribution is 2.24. The number of fused-ring (bicyclic) bond motifs is 1. The van der Waals surface area contributed by atoms with Gasteiger partial charge in [-0.2, -0.15) is 0 Å². The van der Waals surface area contributed by atoms with Gasteiger partial charge in [0.25, 0.3) is 5.91 Å². The molecule has 4 nitrogen and oxygen atoms in total. The Morgan fingerprint density at radius 2 is 1.95 bits per heavy atom. The second-order valence-corrected chi connectivity index (χ2v) is 5.40. The Morgan fingerprint density at radius 3 is 2.68 bits per heavy atom. The van der Waals surface area contributed by atoms with Gasteiger partial charge in [0.15, 0.2) is 0 Å². The van der Waals surface area contributed by atoms with E-state index in [1.165, 1.54) is 0 Å². The number of pyridine rings is 1. The Morgan fingerprint density at radius 1 is 1.23 bits per heavy atom. The Balaban J connectivity index is 0.00000121. The molecule has 0 unspecified atom stereocenters. The fraction of sp³-hybridized carbons (Fsp3) is 0.333. The zero-order valence-corrected chi connectivity index (χ0v) is 14.2. The maximum atomic E-state index is 12.4. The van der Waals surface area contributed by atoms with E-state index >= 15 is 0 Å². The SMILES string of the molecule is Cl.Cl.O=C(NC1CCNCC1)c1ccc(Cl)c2cccnc12. The molecule has 120 valence electrons. The van der Waals surface area contributed by atoms with Crippen molar-refractivity contribution in [2.45, 2.75) is 18.9 Å². The molecule has 1 aromatic heterocycles. The van der Waals surface area contributed by atoms with Crippen LogP contribution in [0.25, 0.3) is 10.9 Å². The number of benzene rings is 1. The first-order valence-electron chi connectivity index (χ1n) is 6.80. The summed E-state index contributed by atoms with van der Waals surface area (Å²) >= 11 is 6.15. The van der Waals surface area contributed by atoms with Gasteiger partial charge in [0.1, 0.15) is 0 Å². The molecule has 1 amide bonds. The maximum Gasteiger partial charge on any atom is 0.253 e. The third-order valence-electron chi connectivity index (χ3n) is 3.64. The van der Waals surface area contributed by atoms with Crippen LogP contribution in [0, 0.1) is 0 Å². The van der Waals surface area contributed by atoms with Gasteiger partial charge in [-0.15, -0.1) is 24.8 Å². The van der Waals surface area contributed by atoms with Crippen LogP contribution in [0.15, 0.2) is 30.5 Å². The monoisotopic (exact) mass is 361 g/mol. The Labute approximate surface area is 146 Å². The molecule has 3 rings (SSSR count).